The van der Waals surface area contributed by atoms with E-state index in [0.29, 0.717) is 0 Å². The zero-order valence-electron chi connectivity index (χ0n) is 23.7. The molecule has 0 saturated heterocycles. The van der Waals surface area contributed by atoms with E-state index >= 15 is 0 Å². The fraction of sp³-hybridized carbons (Fsp3) is 0.333. The van der Waals surface area contributed by atoms with Crippen molar-refractivity contribution in [2.75, 3.05) is 0 Å². The minimum Gasteiger partial charge on any atom is -1.00 e. The first-order chi connectivity index (χ1) is 18.0. The second-order valence-electron chi connectivity index (χ2n) is 11.8. The van der Waals surface area contributed by atoms with Crippen LogP contribution in [0.2, 0.25) is 9.36 Å². The van der Waals surface area contributed by atoms with E-state index in [1.807, 2.05) is 0 Å². The molecule has 6 rings (SSSR count). The number of halogens is 2. The number of hydrogen-bond donors (Lipinski definition) is 0. The molecule has 0 spiro atoms. The van der Waals surface area contributed by atoms with Gasteiger partial charge in [-0.15, -0.1) is 0 Å². The SMILES string of the molecule is CCCC[C]1([Hf+2]([CH3])([CH3])[C]2(CCCC)c3ccccc3-c3ccccc32)c2ccccc2-c2ccccc21.[Cl-].[Cl-]. The number of rotatable bonds is 8. The van der Waals surface area contributed by atoms with Gasteiger partial charge < -0.3 is 24.8 Å². The van der Waals surface area contributed by atoms with Gasteiger partial charge in [-0.3, -0.25) is 0 Å². The summed E-state index contributed by atoms with van der Waals surface area (Å²) in [6.45, 7) is 4.74. The Kier molecular flexibility index (Phi) is 9.07. The van der Waals surface area contributed by atoms with Gasteiger partial charge in [-0.2, -0.15) is 0 Å². The standard InChI is InChI=1S/2C17H17.2CH3.2ClH.Hf/c2*1-2-3-8-13-14-9-4-6-11-16(14)17-12-7-5-10-15(13)17;;;;;/h2*4-7,9-12H,2-3,8H2,1H3;2*1H3;2*1H;/q;;;;;;+2/p-2. The van der Waals surface area contributed by atoms with Crippen LogP contribution in [0.15, 0.2) is 97.1 Å². The molecule has 39 heavy (non-hydrogen) atoms. The molecule has 2 aliphatic carbocycles. The molecule has 0 fully saturated rings. The quantitative estimate of drug-likeness (QED) is 0.236. The van der Waals surface area contributed by atoms with Crippen LogP contribution in [0.1, 0.15) is 74.6 Å². The van der Waals surface area contributed by atoms with Crippen LogP contribution in [-0.2, 0) is 26.3 Å². The second kappa shape index (κ2) is 11.7. The summed E-state index contributed by atoms with van der Waals surface area (Å²) in [5.41, 5.74) is 12.5. The summed E-state index contributed by atoms with van der Waals surface area (Å²) in [5.74, 6) is 0. The zero-order chi connectivity index (χ0) is 25.7. The molecule has 0 atom stereocenters. The molecule has 0 aliphatic heterocycles. The minimum atomic E-state index is -3.50. The molecule has 2 aliphatic rings. The van der Waals surface area contributed by atoms with Crippen LogP contribution < -0.4 is 24.8 Å². The molecular weight excluding hydrogens is 682 g/mol. The molecule has 0 heterocycles. The summed E-state index contributed by atoms with van der Waals surface area (Å²) in [5, 5.41) is 0. The monoisotopic (exact) mass is 722 g/mol. The number of hydrogen-bond acceptors (Lipinski definition) is 0. The fourth-order valence-electron chi connectivity index (χ4n) is 8.41. The van der Waals surface area contributed by atoms with Crippen molar-refractivity contribution < 1.29 is 44.8 Å². The first kappa shape index (κ1) is 30.3. The molecule has 3 heteroatoms. The fourth-order valence-corrected chi connectivity index (χ4v) is 29.6. The van der Waals surface area contributed by atoms with Crippen molar-refractivity contribution in [1.82, 2.24) is 0 Å². The van der Waals surface area contributed by atoms with Crippen LogP contribution in [0.3, 0.4) is 0 Å². The van der Waals surface area contributed by atoms with Crippen molar-refractivity contribution in [3.05, 3.63) is 119 Å². The first-order valence-electron chi connectivity index (χ1n) is 14.4. The molecule has 0 unspecified atom stereocenters. The summed E-state index contributed by atoms with van der Waals surface area (Å²) < 4.78 is 5.98. The van der Waals surface area contributed by atoms with Gasteiger partial charge in [0.25, 0.3) is 0 Å². The molecule has 0 aromatic heterocycles. The van der Waals surface area contributed by atoms with Gasteiger partial charge in [-0.25, -0.2) is 0 Å². The Balaban J connectivity index is 0.00000176. The van der Waals surface area contributed by atoms with E-state index in [1.165, 1.54) is 60.8 Å². The predicted molar refractivity (Wildman–Crippen MR) is 156 cm³/mol. The molecule has 0 radical (unpaired) electrons. The molecule has 4 aromatic carbocycles. The maximum Gasteiger partial charge on any atom is -1.00 e. The molecule has 0 amide bonds. The molecule has 4 aromatic rings. The third-order valence-corrected chi connectivity index (χ3v) is 31.1. The maximum absolute atomic E-state index is 3.50. The Morgan fingerprint density at radius 1 is 0.462 bits per heavy atom. The average molecular weight is 722 g/mol. The van der Waals surface area contributed by atoms with Gasteiger partial charge in [0.2, 0.25) is 0 Å². The van der Waals surface area contributed by atoms with E-state index in [-0.39, 0.29) is 31.2 Å². The number of fused-ring (bicyclic) bond motifs is 6. The van der Waals surface area contributed by atoms with Gasteiger partial charge in [0, 0.05) is 0 Å². The first-order valence-corrected chi connectivity index (χ1v) is 25.2. The molecule has 0 saturated carbocycles. The Hall–Kier alpha value is -1.67. The third-order valence-electron chi connectivity index (χ3n) is 10.1. The van der Waals surface area contributed by atoms with Gasteiger partial charge in [0.1, 0.15) is 0 Å². The van der Waals surface area contributed by atoms with E-state index in [4.69, 9.17) is 0 Å². The van der Waals surface area contributed by atoms with Gasteiger partial charge in [0.05, 0.1) is 0 Å². The number of benzene rings is 4. The van der Waals surface area contributed by atoms with Crippen molar-refractivity contribution in [2.24, 2.45) is 0 Å². The van der Waals surface area contributed by atoms with Crippen molar-refractivity contribution >= 4 is 0 Å². The van der Waals surface area contributed by atoms with Gasteiger partial charge in [-0.1, -0.05) is 0 Å². The second-order valence-corrected chi connectivity index (χ2v) is 29.6. The topological polar surface area (TPSA) is 0 Å². The summed E-state index contributed by atoms with van der Waals surface area (Å²) in [7, 11) is 0. The Bertz CT molecular complexity index is 1250. The van der Waals surface area contributed by atoms with E-state index in [0.717, 1.165) is 0 Å². The molecule has 0 bridgehead atoms. The van der Waals surface area contributed by atoms with E-state index in [2.05, 4.69) is 120 Å². The minimum absolute atomic E-state index is 0. The van der Waals surface area contributed by atoms with Crippen LogP contribution in [0, 0.1) is 0 Å². The van der Waals surface area contributed by atoms with E-state index in [1.54, 1.807) is 22.3 Å². The zero-order valence-corrected chi connectivity index (χ0v) is 28.8. The van der Waals surface area contributed by atoms with Crippen molar-refractivity contribution in [3.63, 3.8) is 0 Å². The van der Waals surface area contributed by atoms with Gasteiger partial charge >= 0.3 is 230 Å². The number of unbranched alkanes of at least 4 members (excludes halogenated alkanes) is 2. The summed E-state index contributed by atoms with van der Waals surface area (Å²) in [4.78, 5) is 0. The van der Waals surface area contributed by atoms with Crippen molar-refractivity contribution in [2.45, 2.75) is 68.1 Å². The summed E-state index contributed by atoms with van der Waals surface area (Å²) in [6, 6.07) is 37.9. The van der Waals surface area contributed by atoms with Crippen molar-refractivity contribution in [1.29, 1.82) is 0 Å². The Morgan fingerprint density at radius 2 is 0.718 bits per heavy atom. The smallest absolute Gasteiger partial charge is 1.00 e. The summed E-state index contributed by atoms with van der Waals surface area (Å²) >= 11 is -3.50. The normalized spacial score (nSPS) is 14.9. The molecule has 0 nitrogen and oxygen atoms in total. The average Bonchev–Trinajstić information content (AvgIpc) is 3.40. The van der Waals surface area contributed by atoms with Gasteiger partial charge in [-0.05, 0) is 0 Å². The third kappa shape index (κ3) is 4.09. The van der Waals surface area contributed by atoms with E-state index in [9.17, 15) is 0 Å². The van der Waals surface area contributed by atoms with E-state index < -0.39 is 20.0 Å². The van der Waals surface area contributed by atoms with Crippen LogP contribution in [0.5, 0.6) is 0 Å². The molecular formula is C36H40Cl2Hf. The summed E-state index contributed by atoms with van der Waals surface area (Å²) in [6.07, 6.45) is 7.57. The van der Waals surface area contributed by atoms with Crippen LogP contribution in [0.4, 0.5) is 0 Å². The predicted octanol–water partition coefficient (Wildman–Crippen LogP) is 4.47. The molecule has 202 valence electrons. The van der Waals surface area contributed by atoms with Crippen LogP contribution in [0.25, 0.3) is 22.3 Å². The largest absolute Gasteiger partial charge is 1.00 e. The Labute approximate surface area is 252 Å². The van der Waals surface area contributed by atoms with Crippen LogP contribution in [-0.4, -0.2) is 0 Å². The van der Waals surface area contributed by atoms with Crippen LogP contribution >= 0.6 is 0 Å². The Morgan fingerprint density at radius 3 is 0.974 bits per heavy atom. The molecule has 0 N–H and O–H groups in total. The maximum atomic E-state index is 2.84. The van der Waals surface area contributed by atoms with Crippen molar-refractivity contribution in [3.8, 4) is 22.3 Å². The van der Waals surface area contributed by atoms with Gasteiger partial charge in [0.15, 0.2) is 0 Å².